The van der Waals surface area contributed by atoms with Crippen LogP contribution in [0.2, 0.25) is 0 Å². The van der Waals surface area contributed by atoms with E-state index >= 15 is 0 Å². The molecule has 0 heterocycles. The lowest BCUT2D eigenvalue weighted by atomic mass is 10.0. The van der Waals surface area contributed by atoms with Crippen molar-refractivity contribution in [1.82, 2.24) is 4.90 Å². The molecular weight excluding hydrogens is 182 g/mol. The predicted octanol–water partition coefficient (Wildman–Crippen LogP) is 4.18. The van der Waals surface area contributed by atoms with Crippen molar-refractivity contribution < 1.29 is 0 Å². The number of rotatable bonds is 8. The zero-order chi connectivity index (χ0) is 11.8. The highest BCUT2D eigenvalue weighted by molar-refractivity contribution is 4.65. The fourth-order valence-corrected chi connectivity index (χ4v) is 1.88. The molecule has 1 atom stereocenters. The zero-order valence-electron chi connectivity index (χ0n) is 11.7. The van der Waals surface area contributed by atoms with Crippen molar-refractivity contribution in [2.75, 3.05) is 13.1 Å². The molecule has 92 valence electrons. The molecule has 0 amide bonds. The van der Waals surface area contributed by atoms with Gasteiger partial charge in [-0.25, -0.2) is 0 Å². The second-order valence-electron chi connectivity index (χ2n) is 5.64. The summed E-state index contributed by atoms with van der Waals surface area (Å²) in [6.07, 6.45) is 4.07. The summed E-state index contributed by atoms with van der Waals surface area (Å²) in [6.45, 7) is 16.4. The molecule has 0 aromatic heterocycles. The van der Waals surface area contributed by atoms with Crippen LogP contribution in [0.25, 0.3) is 0 Å². The predicted molar refractivity (Wildman–Crippen MR) is 70.2 cm³/mol. The second-order valence-corrected chi connectivity index (χ2v) is 5.64. The van der Waals surface area contributed by atoms with E-state index < -0.39 is 0 Å². The normalized spacial score (nSPS) is 14.2. The second kappa shape index (κ2) is 8.15. The molecule has 0 saturated heterocycles. The van der Waals surface area contributed by atoms with Crippen LogP contribution in [0, 0.1) is 11.8 Å². The molecule has 0 bridgehead atoms. The maximum absolute atomic E-state index is 2.62. The molecule has 0 spiro atoms. The van der Waals surface area contributed by atoms with E-state index in [4.69, 9.17) is 0 Å². The maximum atomic E-state index is 2.62. The van der Waals surface area contributed by atoms with Gasteiger partial charge >= 0.3 is 0 Å². The van der Waals surface area contributed by atoms with Gasteiger partial charge in [-0.2, -0.15) is 0 Å². The van der Waals surface area contributed by atoms with Crippen molar-refractivity contribution in [2.45, 2.75) is 66.8 Å². The lowest BCUT2D eigenvalue weighted by Crippen LogP contribution is -2.35. The molecule has 0 aromatic carbocycles. The Morgan fingerprint density at radius 3 is 2.00 bits per heavy atom. The minimum Gasteiger partial charge on any atom is -0.301 e. The molecule has 0 aromatic rings. The average molecular weight is 213 g/mol. The minimum atomic E-state index is 0.698. The van der Waals surface area contributed by atoms with Gasteiger partial charge in [0.15, 0.2) is 0 Å². The summed E-state index contributed by atoms with van der Waals surface area (Å²) in [7, 11) is 0. The third kappa shape index (κ3) is 7.84. The van der Waals surface area contributed by atoms with Gasteiger partial charge in [-0.1, -0.05) is 34.1 Å². The molecule has 15 heavy (non-hydrogen) atoms. The monoisotopic (exact) mass is 213 g/mol. The Labute approximate surface area is 97.2 Å². The topological polar surface area (TPSA) is 3.24 Å². The lowest BCUT2D eigenvalue weighted by molar-refractivity contribution is 0.190. The van der Waals surface area contributed by atoms with Crippen LogP contribution in [-0.4, -0.2) is 24.0 Å². The van der Waals surface area contributed by atoms with Crippen molar-refractivity contribution in [3.63, 3.8) is 0 Å². The summed E-state index contributed by atoms with van der Waals surface area (Å²) in [5.41, 5.74) is 0. The number of hydrogen-bond acceptors (Lipinski definition) is 1. The molecule has 0 fully saturated rings. The van der Waals surface area contributed by atoms with Crippen LogP contribution in [0.4, 0.5) is 0 Å². The molecule has 1 unspecified atom stereocenters. The van der Waals surface area contributed by atoms with Gasteiger partial charge < -0.3 is 4.90 Å². The average Bonchev–Trinajstić information content (AvgIpc) is 2.15. The SMILES string of the molecule is CCC(C)CCCN(CC(C)C)C(C)C. The fraction of sp³-hybridized carbons (Fsp3) is 1.00. The highest BCUT2D eigenvalue weighted by Crippen LogP contribution is 2.12. The van der Waals surface area contributed by atoms with Gasteiger partial charge in [0.25, 0.3) is 0 Å². The Kier molecular flexibility index (Phi) is 8.13. The highest BCUT2D eigenvalue weighted by atomic mass is 15.1. The van der Waals surface area contributed by atoms with E-state index in [2.05, 4.69) is 46.4 Å². The third-order valence-corrected chi connectivity index (χ3v) is 3.17. The molecule has 0 aliphatic carbocycles. The van der Waals surface area contributed by atoms with Gasteiger partial charge in [-0.3, -0.25) is 0 Å². The summed E-state index contributed by atoms with van der Waals surface area (Å²) < 4.78 is 0. The summed E-state index contributed by atoms with van der Waals surface area (Å²) in [6, 6.07) is 0.698. The van der Waals surface area contributed by atoms with Crippen molar-refractivity contribution in [1.29, 1.82) is 0 Å². The first-order valence-electron chi connectivity index (χ1n) is 6.71. The van der Waals surface area contributed by atoms with Crippen molar-refractivity contribution in [3.8, 4) is 0 Å². The van der Waals surface area contributed by atoms with Gasteiger partial charge in [0.1, 0.15) is 0 Å². The van der Waals surface area contributed by atoms with E-state index in [9.17, 15) is 0 Å². The Balaban J connectivity index is 3.76. The molecule has 0 N–H and O–H groups in total. The zero-order valence-corrected chi connectivity index (χ0v) is 11.7. The summed E-state index contributed by atoms with van der Waals surface area (Å²) in [4.78, 5) is 2.62. The first-order valence-corrected chi connectivity index (χ1v) is 6.71. The van der Waals surface area contributed by atoms with Crippen LogP contribution in [0.3, 0.4) is 0 Å². The largest absolute Gasteiger partial charge is 0.301 e. The standard InChI is InChI=1S/C14H31N/c1-7-14(6)9-8-10-15(13(4)5)11-12(2)3/h12-14H,7-11H2,1-6H3. The van der Waals surface area contributed by atoms with E-state index in [-0.39, 0.29) is 0 Å². The Morgan fingerprint density at radius 1 is 1.00 bits per heavy atom. The maximum Gasteiger partial charge on any atom is 0.00387 e. The van der Waals surface area contributed by atoms with Crippen LogP contribution in [0.5, 0.6) is 0 Å². The van der Waals surface area contributed by atoms with Crippen LogP contribution >= 0.6 is 0 Å². The van der Waals surface area contributed by atoms with Crippen LogP contribution in [0.15, 0.2) is 0 Å². The van der Waals surface area contributed by atoms with E-state index in [1.807, 2.05) is 0 Å². The van der Waals surface area contributed by atoms with Gasteiger partial charge in [-0.15, -0.1) is 0 Å². The summed E-state index contributed by atoms with van der Waals surface area (Å²) in [5.74, 6) is 1.69. The molecule has 1 nitrogen and oxygen atoms in total. The van der Waals surface area contributed by atoms with E-state index in [1.54, 1.807) is 0 Å². The van der Waals surface area contributed by atoms with Crippen LogP contribution < -0.4 is 0 Å². The molecule has 0 aliphatic heterocycles. The third-order valence-electron chi connectivity index (χ3n) is 3.17. The molecule has 1 heteroatoms. The summed E-state index contributed by atoms with van der Waals surface area (Å²) in [5, 5.41) is 0. The van der Waals surface area contributed by atoms with Crippen molar-refractivity contribution in [3.05, 3.63) is 0 Å². The van der Waals surface area contributed by atoms with Gasteiger partial charge in [0, 0.05) is 12.6 Å². The van der Waals surface area contributed by atoms with Gasteiger partial charge in [0.05, 0.1) is 0 Å². The minimum absolute atomic E-state index is 0.698. The van der Waals surface area contributed by atoms with Crippen LogP contribution in [0.1, 0.15) is 60.8 Å². The first-order chi connectivity index (χ1) is 6.97. The first kappa shape index (κ1) is 15.0. The Bertz CT molecular complexity index is 140. The lowest BCUT2D eigenvalue weighted by Gasteiger charge is -2.28. The van der Waals surface area contributed by atoms with Crippen LogP contribution in [-0.2, 0) is 0 Å². The van der Waals surface area contributed by atoms with Crippen molar-refractivity contribution >= 4 is 0 Å². The quantitative estimate of drug-likeness (QED) is 0.584. The Hall–Kier alpha value is -0.0400. The van der Waals surface area contributed by atoms with Crippen molar-refractivity contribution in [2.24, 2.45) is 11.8 Å². The Morgan fingerprint density at radius 2 is 1.60 bits per heavy atom. The molecule has 0 aliphatic rings. The van der Waals surface area contributed by atoms with E-state index in [0.29, 0.717) is 6.04 Å². The molecule has 0 saturated carbocycles. The van der Waals surface area contributed by atoms with E-state index in [1.165, 1.54) is 32.4 Å². The number of nitrogens with zero attached hydrogens (tertiary/aromatic N) is 1. The van der Waals surface area contributed by atoms with E-state index in [0.717, 1.165) is 11.8 Å². The smallest absolute Gasteiger partial charge is 0.00387 e. The highest BCUT2D eigenvalue weighted by Gasteiger charge is 2.11. The fourth-order valence-electron chi connectivity index (χ4n) is 1.88. The molecule has 0 radical (unpaired) electrons. The molecular formula is C14H31N. The summed E-state index contributed by atoms with van der Waals surface area (Å²) >= 11 is 0. The molecule has 0 rings (SSSR count). The van der Waals surface area contributed by atoms with Gasteiger partial charge in [-0.05, 0) is 45.1 Å². The number of hydrogen-bond donors (Lipinski definition) is 0. The van der Waals surface area contributed by atoms with Gasteiger partial charge in [0.2, 0.25) is 0 Å².